The van der Waals surface area contributed by atoms with E-state index < -0.39 is 10.0 Å². The number of aryl methyl sites for hydroxylation is 1. The van der Waals surface area contributed by atoms with E-state index in [1.807, 2.05) is 24.3 Å². The van der Waals surface area contributed by atoms with E-state index in [1.54, 1.807) is 17.0 Å². The van der Waals surface area contributed by atoms with Crippen LogP contribution >= 0.6 is 23.2 Å². The van der Waals surface area contributed by atoms with Gasteiger partial charge in [-0.1, -0.05) is 53.5 Å². The van der Waals surface area contributed by atoms with Crippen LogP contribution in [0.3, 0.4) is 0 Å². The third-order valence-electron chi connectivity index (χ3n) is 5.87. The van der Waals surface area contributed by atoms with E-state index in [4.69, 9.17) is 23.2 Å². The van der Waals surface area contributed by atoms with Crippen LogP contribution in [0.4, 0.5) is 0 Å². The molecule has 1 amide bonds. The summed E-state index contributed by atoms with van der Waals surface area (Å²) in [4.78, 5) is 19.0. The Morgan fingerprint density at radius 1 is 1.03 bits per heavy atom. The first-order valence-corrected chi connectivity index (χ1v) is 13.2. The maximum absolute atomic E-state index is 13.1. The van der Waals surface area contributed by atoms with Crippen LogP contribution in [0.5, 0.6) is 0 Å². The largest absolute Gasteiger partial charge is 0.368 e. The summed E-state index contributed by atoms with van der Waals surface area (Å²) in [6.07, 6.45) is 1.58. The number of sulfonamides is 1. The van der Waals surface area contributed by atoms with Crippen LogP contribution in [0.2, 0.25) is 10.0 Å². The Bertz CT molecular complexity index is 1150. The molecule has 10 heteroatoms. The van der Waals surface area contributed by atoms with Crippen molar-refractivity contribution in [2.75, 3.05) is 39.3 Å². The number of hydrogen-bond acceptors (Lipinski definition) is 5. The van der Waals surface area contributed by atoms with E-state index in [0.29, 0.717) is 38.9 Å². The van der Waals surface area contributed by atoms with Gasteiger partial charge in [0.15, 0.2) is 0 Å². The molecule has 0 saturated carbocycles. The van der Waals surface area contributed by atoms with Gasteiger partial charge < -0.3 is 10.2 Å². The van der Waals surface area contributed by atoms with Gasteiger partial charge in [0.05, 0.1) is 16.6 Å². The minimum absolute atomic E-state index is 0.00124. The fourth-order valence-electron chi connectivity index (χ4n) is 4.04. The van der Waals surface area contributed by atoms with Crippen molar-refractivity contribution >= 4 is 45.0 Å². The van der Waals surface area contributed by atoms with Gasteiger partial charge in [0, 0.05) is 44.7 Å². The number of halogens is 2. The number of amidine groups is 1. The van der Waals surface area contributed by atoms with Crippen LogP contribution in [-0.2, 0) is 21.2 Å². The summed E-state index contributed by atoms with van der Waals surface area (Å²) in [5.41, 5.74) is 2.14. The number of carbonyl (C=O) groups excluding carboxylic acids is 1. The lowest BCUT2D eigenvalue weighted by Gasteiger charge is -2.22. The third kappa shape index (κ3) is 5.51. The third-order valence-corrected chi connectivity index (χ3v) is 8.74. The van der Waals surface area contributed by atoms with Crippen LogP contribution in [0.25, 0.3) is 0 Å². The minimum Gasteiger partial charge on any atom is -0.368 e. The average molecular weight is 509 g/mol. The van der Waals surface area contributed by atoms with E-state index in [9.17, 15) is 13.2 Å². The summed E-state index contributed by atoms with van der Waals surface area (Å²) in [6.45, 7) is 3.09. The first-order chi connectivity index (χ1) is 15.9. The Hall–Kier alpha value is -2.13. The smallest absolute Gasteiger partial charge is 0.244 e. The van der Waals surface area contributed by atoms with Crippen molar-refractivity contribution < 1.29 is 13.2 Å². The quantitative estimate of drug-likeness (QED) is 0.649. The highest BCUT2D eigenvalue weighted by molar-refractivity contribution is 7.89. The zero-order chi connectivity index (χ0) is 23.4. The first kappa shape index (κ1) is 24.0. The molecule has 0 unspecified atom stereocenters. The van der Waals surface area contributed by atoms with Crippen molar-refractivity contribution in [1.82, 2.24) is 14.5 Å². The lowest BCUT2D eigenvalue weighted by molar-refractivity contribution is -0.131. The summed E-state index contributed by atoms with van der Waals surface area (Å²) < 4.78 is 27.6. The highest BCUT2D eigenvalue weighted by Gasteiger charge is 2.30. The molecule has 4 rings (SSSR count). The lowest BCUT2D eigenvalue weighted by atomic mass is 10.1. The van der Waals surface area contributed by atoms with Gasteiger partial charge in [-0.05, 0) is 30.5 Å². The van der Waals surface area contributed by atoms with E-state index in [-0.39, 0.29) is 27.4 Å². The summed E-state index contributed by atoms with van der Waals surface area (Å²) in [5, 5.41) is 3.48. The molecule has 0 bridgehead atoms. The number of benzene rings is 2. The minimum atomic E-state index is -3.79. The van der Waals surface area contributed by atoms with Crippen molar-refractivity contribution in [3.8, 4) is 0 Å². The zero-order valence-corrected chi connectivity index (χ0v) is 20.5. The van der Waals surface area contributed by atoms with Gasteiger partial charge in [0.1, 0.15) is 10.7 Å². The topological polar surface area (TPSA) is 82.1 Å². The predicted molar refractivity (Wildman–Crippen MR) is 131 cm³/mol. The van der Waals surface area contributed by atoms with Crippen LogP contribution in [-0.4, -0.2) is 68.6 Å². The number of carbonyl (C=O) groups is 1. The van der Waals surface area contributed by atoms with Gasteiger partial charge >= 0.3 is 0 Å². The molecule has 7 nitrogen and oxygen atoms in total. The molecule has 2 aromatic rings. The second-order valence-corrected chi connectivity index (χ2v) is 10.7. The second kappa shape index (κ2) is 10.4. The molecule has 0 atom stereocenters. The first-order valence-electron chi connectivity index (χ1n) is 11.0. The Morgan fingerprint density at radius 2 is 1.82 bits per heavy atom. The summed E-state index contributed by atoms with van der Waals surface area (Å²) >= 11 is 12.2. The molecule has 2 aliphatic rings. The molecule has 1 N–H and O–H groups in total. The average Bonchev–Trinajstić information content (AvgIpc) is 3.23. The van der Waals surface area contributed by atoms with Crippen molar-refractivity contribution in [1.29, 1.82) is 0 Å². The van der Waals surface area contributed by atoms with Gasteiger partial charge in [-0.2, -0.15) is 4.31 Å². The molecule has 2 aromatic carbocycles. The van der Waals surface area contributed by atoms with E-state index in [0.717, 1.165) is 30.1 Å². The Balaban J connectivity index is 1.33. The van der Waals surface area contributed by atoms with Gasteiger partial charge in [-0.3, -0.25) is 9.79 Å². The summed E-state index contributed by atoms with van der Waals surface area (Å²) in [7, 11) is -3.79. The van der Waals surface area contributed by atoms with E-state index >= 15 is 0 Å². The molecule has 0 radical (unpaired) electrons. The second-order valence-electron chi connectivity index (χ2n) is 8.04. The SMILES string of the molecule is O=C(CCc1ccc(C2=NCCN2)cc1)N1CCCN(S(=O)(=O)c2cccc(Cl)c2Cl)CC1. The molecular weight excluding hydrogens is 483 g/mol. The molecule has 1 saturated heterocycles. The van der Waals surface area contributed by atoms with Crippen molar-refractivity contribution in [2.24, 2.45) is 4.99 Å². The van der Waals surface area contributed by atoms with Crippen molar-refractivity contribution in [3.63, 3.8) is 0 Å². The highest BCUT2D eigenvalue weighted by Crippen LogP contribution is 2.31. The monoisotopic (exact) mass is 508 g/mol. The molecule has 0 aromatic heterocycles. The Kier molecular flexibility index (Phi) is 7.58. The standard InChI is InChI=1S/C23H26Cl2N4O3S/c24-19-3-1-4-20(22(19)25)33(31,32)29-14-2-13-28(15-16-29)21(30)10-7-17-5-8-18(9-6-17)23-26-11-12-27-23/h1,3-6,8-9H,2,7,10-16H2,(H,26,27). The normalized spacial score (nSPS) is 17.4. The fourth-order valence-corrected chi connectivity index (χ4v) is 6.24. The Labute approximate surface area is 204 Å². The summed E-state index contributed by atoms with van der Waals surface area (Å²) in [5.74, 6) is 0.946. The van der Waals surface area contributed by atoms with Crippen molar-refractivity contribution in [2.45, 2.75) is 24.2 Å². The van der Waals surface area contributed by atoms with Gasteiger partial charge in [-0.25, -0.2) is 8.42 Å². The molecule has 2 heterocycles. The van der Waals surface area contributed by atoms with Crippen LogP contribution in [0.1, 0.15) is 24.0 Å². The van der Waals surface area contributed by atoms with Crippen LogP contribution in [0.15, 0.2) is 52.4 Å². The fraction of sp³-hybridized carbons (Fsp3) is 0.391. The lowest BCUT2D eigenvalue weighted by Crippen LogP contribution is -2.37. The maximum atomic E-state index is 13.1. The molecule has 2 aliphatic heterocycles. The van der Waals surface area contributed by atoms with Gasteiger partial charge in [0.25, 0.3) is 0 Å². The van der Waals surface area contributed by atoms with Crippen LogP contribution < -0.4 is 5.32 Å². The van der Waals surface area contributed by atoms with E-state index in [2.05, 4.69) is 10.3 Å². The molecule has 1 fully saturated rings. The summed E-state index contributed by atoms with van der Waals surface area (Å²) in [6, 6.07) is 12.7. The molecule has 0 aliphatic carbocycles. The molecular formula is C23H26Cl2N4O3S. The number of amides is 1. The number of nitrogens with zero attached hydrogens (tertiary/aromatic N) is 3. The maximum Gasteiger partial charge on any atom is 0.244 e. The van der Waals surface area contributed by atoms with Gasteiger partial charge in [0.2, 0.25) is 15.9 Å². The number of hydrogen-bond donors (Lipinski definition) is 1. The zero-order valence-electron chi connectivity index (χ0n) is 18.1. The number of aliphatic imine (C=N–C) groups is 1. The Morgan fingerprint density at radius 3 is 2.55 bits per heavy atom. The van der Waals surface area contributed by atoms with E-state index in [1.165, 1.54) is 10.4 Å². The number of rotatable bonds is 6. The number of nitrogens with one attached hydrogen (secondary N) is 1. The predicted octanol–water partition coefficient (Wildman–Crippen LogP) is 3.20. The molecule has 33 heavy (non-hydrogen) atoms. The van der Waals surface area contributed by atoms with Crippen LogP contribution in [0, 0.1) is 0 Å². The molecule has 176 valence electrons. The highest BCUT2D eigenvalue weighted by atomic mass is 35.5. The molecule has 0 spiro atoms. The van der Waals surface area contributed by atoms with Gasteiger partial charge in [-0.15, -0.1) is 0 Å². The van der Waals surface area contributed by atoms with Crippen molar-refractivity contribution in [3.05, 3.63) is 63.6 Å².